The molecule has 4 bridgehead atoms. The Morgan fingerprint density at radius 1 is 1.15 bits per heavy atom. The van der Waals surface area contributed by atoms with Gasteiger partial charge in [-0.15, -0.1) is 0 Å². The van der Waals surface area contributed by atoms with E-state index in [9.17, 15) is 13.2 Å². The summed E-state index contributed by atoms with van der Waals surface area (Å²) < 4.78 is 26.9. The molecule has 1 aromatic heterocycles. The van der Waals surface area contributed by atoms with E-state index in [4.69, 9.17) is 5.11 Å². The maximum absolute atomic E-state index is 13.3. The summed E-state index contributed by atoms with van der Waals surface area (Å²) in [6.45, 7) is 1.94. The molecule has 2 aliphatic rings. The Kier molecular flexibility index (Phi) is 7.84. The van der Waals surface area contributed by atoms with E-state index in [1.165, 1.54) is 0 Å². The van der Waals surface area contributed by atoms with E-state index >= 15 is 0 Å². The van der Waals surface area contributed by atoms with Crippen molar-refractivity contribution in [2.24, 2.45) is 5.92 Å². The van der Waals surface area contributed by atoms with Crippen molar-refractivity contribution >= 4 is 39.1 Å². The van der Waals surface area contributed by atoms with Gasteiger partial charge in [0, 0.05) is 25.8 Å². The van der Waals surface area contributed by atoms with Gasteiger partial charge >= 0.3 is 0 Å². The van der Waals surface area contributed by atoms with Crippen LogP contribution in [0.5, 0.6) is 0 Å². The average Bonchev–Trinajstić information content (AvgIpc) is 2.81. The fraction of sp³-hybridized carbons (Fsp3) is 0.522. The van der Waals surface area contributed by atoms with Crippen LogP contribution in [0.2, 0.25) is 0 Å². The number of carbonyl (C=O) groups is 1. The summed E-state index contributed by atoms with van der Waals surface area (Å²) >= 11 is 0. The zero-order chi connectivity index (χ0) is 24.0. The molecule has 1 saturated heterocycles. The molecular weight excluding hydrogens is 456 g/mol. The topological polar surface area (TPSA) is 137 Å². The van der Waals surface area contributed by atoms with Gasteiger partial charge in [0.1, 0.15) is 5.82 Å². The van der Waals surface area contributed by atoms with Crippen molar-refractivity contribution in [3.8, 4) is 0 Å². The summed E-state index contributed by atoms with van der Waals surface area (Å²) in [6.07, 6.45) is 8.16. The van der Waals surface area contributed by atoms with Gasteiger partial charge in [-0.05, 0) is 55.9 Å². The molecule has 1 fully saturated rings. The van der Waals surface area contributed by atoms with Crippen LogP contribution in [0.15, 0.2) is 30.5 Å². The number of aliphatic hydroxyl groups excluding tert-OH is 1. The van der Waals surface area contributed by atoms with Crippen LogP contribution >= 0.6 is 0 Å². The molecular formula is C23H32N6O4S. The Labute approximate surface area is 200 Å². The number of amides is 1. The summed E-state index contributed by atoms with van der Waals surface area (Å²) in [4.78, 5) is 24.1. The summed E-state index contributed by atoms with van der Waals surface area (Å²) in [6, 6.07) is 6.55. The van der Waals surface area contributed by atoms with Crippen molar-refractivity contribution in [3.63, 3.8) is 0 Å². The average molecular weight is 489 g/mol. The largest absolute Gasteiger partial charge is 0.395 e. The number of nitrogens with zero attached hydrogens (tertiary/aromatic N) is 3. The van der Waals surface area contributed by atoms with E-state index in [0.29, 0.717) is 34.6 Å². The molecule has 184 valence electrons. The van der Waals surface area contributed by atoms with Gasteiger partial charge in [0.25, 0.3) is 5.91 Å². The molecule has 10 nitrogen and oxygen atoms in total. The third-order valence-electron chi connectivity index (χ3n) is 6.20. The van der Waals surface area contributed by atoms with E-state index in [1.807, 2.05) is 0 Å². The van der Waals surface area contributed by atoms with Crippen LogP contribution in [0.4, 0.5) is 23.1 Å². The Hall–Kier alpha value is -2.92. The van der Waals surface area contributed by atoms with Crippen molar-refractivity contribution in [3.05, 3.63) is 36.0 Å². The first kappa shape index (κ1) is 24.2. The number of sulfonamides is 1. The maximum Gasteiger partial charge on any atom is 0.258 e. The van der Waals surface area contributed by atoms with Gasteiger partial charge in [-0.25, -0.2) is 13.4 Å². The second kappa shape index (κ2) is 11.0. The highest BCUT2D eigenvalue weighted by Gasteiger charge is 2.25. The van der Waals surface area contributed by atoms with Crippen LogP contribution in [0, 0.1) is 5.92 Å². The maximum atomic E-state index is 13.3. The fourth-order valence-corrected chi connectivity index (χ4v) is 5.38. The summed E-state index contributed by atoms with van der Waals surface area (Å²) in [5, 5.41) is 15.1. The molecule has 34 heavy (non-hydrogen) atoms. The Bertz CT molecular complexity index is 1110. The molecule has 2 aliphatic heterocycles. The first-order chi connectivity index (χ1) is 16.4. The molecule has 0 aliphatic carbocycles. The first-order valence-electron chi connectivity index (χ1n) is 11.8. The highest BCUT2D eigenvalue weighted by molar-refractivity contribution is 7.92. The van der Waals surface area contributed by atoms with Crippen LogP contribution in [-0.4, -0.2) is 61.4 Å². The van der Waals surface area contributed by atoms with Crippen LogP contribution in [0.1, 0.15) is 48.9 Å². The monoisotopic (exact) mass is 488 g/mol. The number of hydrogen-bond acceptors (Lipinski definition) is 8. The third kappa shape index (κ3) is 6.35. The lowest BCUT2D eigenvalue weighted by atomic mass is 9.91. The molecule has 0 spiro atoms. The predicted octanol–water partition coefficient (Wildman–Crippen LogP) is 2.67. The number of fused-ring (bicyclic) bond motifs is 6. The molecule has 3 heterocycles. The minimum absolute atomic E-state index is 0.321. The lowest BCUT2D eigenvalue weighted by Crippen LogP contribution is -2.36. The van der Waals surface area contributed by atoms with Crippen molar-refractivity contribution in [1.29, 1.82) is 0 Å². The molecule has 1 aromatic carbocycles. The molecule has 0 saturated carbocycles. The summed E-state index contributed by atoms with van der Waals surface area (Å²) in [5.41, 5.74) is 1.50. The van der Waals surface area contributed by atoms with Crippen LogP contribution in [0.3, 0.4) is 0 Å². The second-order valence-electron chi connectivity index (χ2n) is 8.83. The predicted molar refractivity (Wildman–Crippen MR) is 133 cm³/mol. The zero-order valence-electron chi connectivity index (χ0n) is 19.2. The number of benzene rings is 1. The van der Waals surface area contributed by atoms with Crippen LogP contribution in [0.25, 0.3) is 0 Å². The number of anilines is 4. The Balaban J connectivity index is 1.68. The molecule has 0 unspecified atom stereocenters. The number of carbonyl (C=O) groups excluding carboxylic acids is 1. The number of hydrogen-bond donors (Lipinski definition) is 4. The molecule has 4 rings (SSSR count). The van der Waals surface area contributed by atoms with Crippen molar-refractivity contribution in [1.82, 2.24) is 9.97 Å². The number of aliphatic hydroxyl groups is 1. The van der Waals surface area contributed by atoms with Crippen molar-refractivity contribution in [2.45, 2.75) is 38.5 Å². The molecule has 1 atom stereocenters. The normalized spacial score (nSPS) is 19.5. The Morgan fingerprint density at radius 3 is 2.85 bits per heavy atom. The summed E-state index contributed by atoms with van der Waals surface area (Å²) in [5.74, 6) is 0.680. The standard InChI is InChI=1S/C23H32N6O4S/c30-13-14-34(32,33)28-18-7-8-19-20(15-18)29-12-4-6-17(16-29)5-2-1-3-10-24-23-25-11-9-21(27-23)26-22(19)31/h7-9,11,15,17,28,30H,1-6,10,12-14,16H2,(H2,24,25,26,27,31)/t17-/m0/s1. The number of rotatable bonds is 4. The van der Waals surface area contributed by atoms with Gasteiger partial charge in [-0.1, -0.05) is 12.8 Å². The van der Waals surface area contributed by atoms with E-state index in [0.717, 1.165) is 58.2 Å². The lowest BCUT2D eigenvalue weighted by molar-refractivity contribution is 0.102. The highest BCUT2D eigenvalue weighted by Crippen LogP contribution is 2.32. The number of nitrogens with one attached hydrogen (secondary N) is 3. The first-order valence-corrected chi connectivity index (χ1v) is 13.5. The minimum atomic E-state index is -3.68. The molecule has 4 N–H and O–H groups in total. The molecule has 1 amide bonds. The Morgan fingerprint density at radius 2 is 2.00 bits per heavy atom. The molecule has 11 heteroatoms. The van der Waals surface area contributed by atoms with Gasteiger partial charge in [0.05, 0.1) is 29.3 Å². The van der Waals surface area contributed by atoms with Crippen LogP contribution < -0.4 is 20.3 Å². The quantitative estimate of drug-likeness (QED) is 0.516. The second-order valence-corrected chi connectivity index (χ2v) is 10.7. The fourth-order valence-electron chi connectivity index (χ4n) is 4.55. The van der Waals surface area contributed by atoms with E-state index in [2.05, 4.69) is 30.2 Å². The third-order valence-corrected chi connectivity index (χ3v) is 7.47. The van der Waals surface area contributed by atoms with Gasteiger partial charge < -0.3 is 20.6 Å². The highest BCUT2D eigenvalue weighted by atomic mass is 32.2. The molecule has 2 aromatic rings. The smallest absolute Gasteiger partial charge is 0.258 e. The minimum Gasteiger partial charge on any atom is -0.395 e. The van der Waals surface area contributed by atoms with Crippen molar-refractivity contribution in [2.75, 3.05) is 52.2 Å². The van der Waals surface area contributed by atoms with Gasteiger partial charge in [0.2, 0.25) is 16.0 Å². The molecule has 0 radical (unpaired) electrons. The van der Waals surface area contributed by atoms with Crippen LogP contribution in [-0.2, 0) is 10.0 Å². The van der Waals surface area contributed by atoms with Gasteiger partial charge in [0.15, 0.2) is 0 Å². The zero-order valence-corrected chi connectivity index (χ0v) is 20.0. The lowest BCUT2D eigenvalue weighted by Gasteiger charge is -2.36. The van der Waals surface area contributed by atoms with Gasteiger partial charge in [-0.2, -0.15) is 4.98 Å². The van der Waals surface area contributed by atoms with E-state index in [1.54, 1.807) is 30.5 Å². The van der Waals surface area contributed by atoms with Crippen molar-refractivity contribution < 1.29 is 18.3 Å². The number of piperidine rings is 1. The summed E-state index contributed by atoms with van der Waals surface area (Å²) in [7, 11) is -3.68. The number of aromatic nitrogens is 2. The van der Waals surface area contributed by atoms with E-state index < -0.39 is 16.6 Å². The van der Waals surface area contributed by atoms with E-state index in [-0.39, 0.29) is 11.7 Å². The van der Waals surface area contributed by atoms with Gasteiger partial charge in [-0.3, -0.25) is 9.52 Å². The SMILES string of the molecule is O=C1Nc2ccnc(n2)NCCCCC[C@H]2CCCN(C2)c2cc(NS(=O)(=O)CCO)ccc21.